The Bertz CT molecular complexity index is 882. The van der Waals surface area contributed by atoms with E-state index < -0.39 is 11.6 Å². The molecular formula is C21H22ClNO4. The summed E-state index contributed by atoms with van der Waals surface area (Å²) in [5, 5.41) is 10.1. The molecular weight excluding hydrogens is 366 g/mol. The van der Waals surface area contributed by atoms with E-state index in [2.05, 4.69) is 0 Å². The molecule has 0 saturated heterocycles. The van der Waals surface area contributed by atoms with Crippen LogP contribution >= 0.6 is 11.6 Å². The van der Waals surface area contributed by atoms with E-state index in [-0.39, 0.29) is 18.0 Å². The molecule has 0 fully saturated rings. The van der Waals surface area contributed by atoms with Crippen LogP contribution in [0.4, 0.5) is 10.5 Å². The molecule has 5 nitrogen and oxygen atoms in total. The van der Waals surface area contributed by atoms with Crippen molar-refractivity contribution >= 4 is 34.9 Å². The van der Waals surface area contributed by atoms with Gasteiger partial charge in [0.25, 0.3) is 0 Å². The number of carboxylic acid groups (broad SMARTS) is 1. The van der Waals surface area contributed by atoms with Gasteiger partial charge in [-0.15, -0.1) is 0 Å². The number of Topliss-reactive ketones (excluding diaryl/α,β-unsaturated/α-hetero) is 1. The summed E-state index contributed by atoms with van der Waals surface area (Å²) < 4.78 is 0. The Morgan fingerprint density at radius 2 is 1.63 bits per heavy atom. The number of hydrogen-bond acceptors (Lipinski definition) is 3. The van der Waals surface area contributed by atoms with Crippen LogP contribution in [0.5, 0.6) is 0 Å². The maximum atomic E-state index is 13.0. The van der Waals surface area contributed by atoms with Crippen LogP contribution in [0.15, 0.2) is 42.5 Å². The number of hydrogen-bond donors (Lipinski definition) is 1. The lowest BCUT2D eigenvalue weighted by molar-refractivity contribution is -0.116. The first-order valence-electron chi connectivity index (χ1n) is 8.46. The number of anilines is 1. The number of carbonyl (C=O) groups is 3. The van der Waals surface area contributed by atoms with E-state index >= 15 is 0 Å². The third-order valence-corrected chi connectivity index (χ3v) is 4.26. The molecule has 0 unspecified atom stereocenters. The highest BCUT2D eigenvalue weighted by molar-refractivity contribution is 6.30. The second-order valence-corrected chi connectivity index (χ2v) is 7.78. The third-order valence-electron chi connectivity index (χ3n) is 4.00. The highest BCUT2D eigenvalue weighted by atomic mass is 35.5. The van der Waals surface area contributed by atoms with Crippen molar-refractivity contribution in [1.29, 1.82) is 0 Å². The summed E-state index contributed by atoms with van der Waals surface area (Å²) in [5.41, 5.74) is 0.957. The number of amides is 1. The van der Waals surface area contributed by atoms with Crippen molar-refractivity contribution in [3.63, 3.8) is 0 Å². The van der Waals surface area contributed by atoms with Gasteiger partial charge in [-0.3, -0.25) is 14.5 Å². The molecule has 0 aliphatic carbocycles. The minimum absolute atomic E-state index is 0.0844. The fourth-order valence-corrected chi connectivity index (χ4v) is 3.00. The summed E-state index contributed by atoms with van der Waals surface area (Å²) in [6.45, 7) is 6.75. The van der Waals surface area contributed by atoms with Crippen molar-refractivity contribution in [3.05, 3.63) is 64.2 Å². The van der Waals surface area contributed by atoms with Crippen LogP contribution in [-0.4, -0.2) is 28.3 Å². The van der Waals surface area contributed by atoms with Crippen molar-refractivity contribution < 1.29 is 19.5 Å². The minimum atomic E-state index is -1.12. The number of nitrogens with zero attached hydrogens (tertiary/aromatic N) is 1. The molecule has 2 rings (SSSR count). The number of carbonyl (C=O) groups excluding carboxylic acids is 2. The average molecular weight is 388 g/mol. The second-order valence-electron chi connectivity index (χ2n) is 7.35. The van der Waals surface area contributed by atoms with Crippen molar-refractivity contribution in [2.75, 3.05) is 4.90 Å². The molecule has 0 spiro atoms. The molecule has 142 valence electrons. The zero-order valence-corrected chi connectivity index (χ0v) is 16.5. The fourth-order valence-electron chi connectivity index (χ4n) is 2.88. The Morgan fingerprint density at radius 3 is 2.11 bits per heavy atom. The molecule has 0 atom stereocenters. The molecule has 27 heavy (non-hydrogen) atoms. The van der Waals surface area contributed by atoms with Gasteiger partial charge >= 0.3 is 6.09 Å². The summed E-state index contributed by atoms with van der Waals surface area (Å²) in [6, 6.07) is 11.2. The van der Waals surface area contributed by atoms with E-state index in [1.807, 2.05) is 0 Å². The summed E-state index contributed by atoms with van der Waals surface area (Å²) in [5.74, 6) is -0.372. The van der Waals surface area contributed by atoms with Crippen molar-refractivity contribution in [1.82, 2.24) is 0 Å². The number of benzene rings is 2. The molecule has 0 bridgehead atoms. The second kappa shape index (κ2) is 7.92. The van der Waals surface area contributed by atoms with Crippen LogP contribution in [0.1, 0.15) is 49.2 Å². The minimum Gasteiger partial charge on any atom is -0.465 e. The molecule has 2 aromatic carbocycles. The summed E-state index contributed by atoms with van der Waals surface area (Å²) >= 11 is 5.89. The Hall–Kier alpha value is -2.66. The van der Waals surface area contributed by atoms with E-state index in [4.69, 9.17) is 11.6 Å². The molecule has 1 amide bonds. The van der Waals surface area contributed by atoms with Crippen LogP contribution in [0.25, 0.3) is 0 Å². The van der Waals surface area contributed by atoms with Crippen LogP contribution in [-0.2, 0) is 11.2 Å². The Morgan fingerprint density at radius 1 is 1.04 bits per heavy atom. The molecule has 2 aromatic rings. The van der Waals surface area contributed by atoms with E-state index in [0.29, 0.717) is 27.4 Å². The summed E-state index contributed by atoms with van der Waals surface area (Å²) in [7, 11) is 0. The fraction of sp³-hybridized carbons (Fsp3) is 0.286. The average Bonchev–Trinajstić information content (AvgIpc) is 2.54. The zero-order valence-electron chi connectivity index (χ0n) is 15.7. The van der Waals surface area contributed by atoms with Gasteiger partial charge in [-0.25, -0.2) is 4.79 Å². The first kappa shape index (κ1) is 20.6. The number of ketones is 2. The number of halogens is 1. The highest BCUT2D eigenvalue weighted by Crippen LogP contribution is 2.28. The van der Waals surface area contributed by atoms with Gasteiger partial charge in [0, 0.05) is 33.8 Å². The molecule has 0 radical (unpaired) electrons. The molecule has 0 heterocycles. The zero-order chi connectivity index (χ0) is 20.4. The standard InChI is InChI=1S/C21H22ClNO4/c1-13(24)11-15-7-10-17(23(20(26)27)21(2,3)4)12-18(15)19(25)14-5-8-16(22)9-6-14/h5-10,12H,11H2,1-4H3,(H,26,27). The van der Waals surface area contributed by atoms with E-state index in [1.165, 1.54) is 17.9 Å². The molecule has 0 aromatic heterocycles. The molecule has 6 heteroatoms. The van der Waals surface area contributed by atoms with Crippen molar-refractivity contribution in [2.45, 2.75) is 39.7 Å². The topological polar surface area (TPSA) is 74.7 Å². The van der Waals surface area contributed by atoms with Gasteiger partial charge < -0.3 is 5.11 Å². The van der Waals surface area contributed by atoms with E-state index in [0.717, 1.165) is 0 Å². The lowest BCUT2D eigenvalue weighted by Gasteiger charge is -2.33. The van der Waals surface area contributed by atoms with E-state index in [9.17, 15) is 19.5 Å². The predicted molar refractivity (Wildman–Crippen MR) is 106 cm³/mol. The van der Waals surface area contributed by atoms with Crippen LogP contribution in [0.2, 0.25) is 5.02 Å². The Kier molecular flexibility index (Phi) is 6.06. The van der Waals surface area contributed by atoms with E-state index in [1.54, 1.807) is 57.2 Å². The Labute approximate surface area is 163 Å². The molecule has 0 saturated carbocycles. The largest absolute Gasteiger partial charge is 0.465 e. The maximum Gasteiger partial charge on any atom is 0.412 e. The number of rotatable bonds is 5. The van der Waals surface area contributed by atoms with Crippen LogP contribution < -0.4 is 4.90 Å². The molecule has 1 N–H and O–H groups in total. The first-order chi connectivity index (χ1) is 12.5. The Balaban J connectivity index is 2.61. The van der Waals surface area contributed by atoms with Gasteiger partial charge in [0.05, 0.1) is 0 Å². The normalized spacial score (nSPS) is 11.1. The highest BCUT2D eigenvalue weighted by Gasteiger charge is 2.29. The van der Waals surface area contributed by atoms with Crippen molar-refractivity contribution in [2.24, 2.45) is 0 Å². The lowest BCUT2D eigenvalue weighted by Crippen LogP contribution is -2.45. The quantitative estimate of drug-likeness (QED) is 0.733. The van der Waals surface area contributed by atoms with Gasteiger partial charge in [-0.2, -0.15) is 0 Å². The monoisotopic (exact) mass is 387 g/mol. The van der Waals surface area contributed by atoms with Crippen LogP contribution in [0.3, 0.4) is 0 Å². The maximum absolute atomic E-state index is 13.0. The molecule has 0 aliphatic heterocycles. The van der Waals surface area contributed by atoms with Gasteiger partial charge in [0.2, 0.25) is 0 Å². The lowest BCUT2D eigenvalue weighted by atomic mass is 9.94. The van der Waals surface area contributed by atoms with Gasteiger partial charge in [0.1, 0.15) is 5.78 Å². The molecule has 0 aliphatic rings. The smallest absolute Gasteiger partial charge is 0.412 e. The predicted octanol–water partition coefficient (Wildman–Crippen LogP) is 4.99. The summed E-state index contributed by atoms with van der Waals surface area (Å²) in [6.07, 6.45) is -1.02. The third kappa shape index (κ3) is 4.95. The van der Waals surface area contributed by atoms with Gasteiger partial charge in [-0.1, -0.05) is 17.7 Å². The first-order valence-corrected chi connectivity index (χ1v) is 8.84. The van der Waals surface area contributed by atoms with Gasteiger partial charge in [-0.05, 0) is 69.7 Å². The van der Waals surface area contributed by atoms with Crippen molar-refractivity contribution in [3.8, 4) is 0 Å². The van der Waals surface area contributed by atoms with Gasteiger partial charge in [0.15, 0.2) is 5.78 Å². The SMILES string of the molecule is CC(=O)Cc1ccc(N(C(=O)O)C(C)(C)C)cc1C(=O)c1ccc(Cl)cc1. The summed E-state index contributed by atoms with van der Waals surface area (Å²) in [4.78, 5) is 37.6. The van der Waals surface area contributed by atoms with Crippen LogP contribution in [0, 0.1) is 0 Å².